The summed E-state index contributed by atoms with van der Waals surface area (Å²) in [6.07, 6.45) is 0.567. The lowest BCUT2D eigenvalue weighted by atomic mass is 9.87. The molecular weight excluding hydrogens is 596 g/mol. The minimum atomic E-state index is -1.02. The minimum absolute atomic E-state index is 0.00209. The molecule has 1 aliphatic rings. The zero-order valence-corrected chi connectivity index (χ0v) is 26.4. The number of rotatable bonds is 13. The zero-order chi connectivity index (χ0) is 33.5. The normalized spacial score (nSPS) is 13.4. The van der Waals surface area contributed by atoms with Gasteiger partial charge in [-0.25, -0.2) is 14.4 Å². The maximum Gasteiger partial charge on any atom is 0.333 e. The first-order valence-electron chi connectivity index (χ1n) is 15.2. The number of ether oxygens (including phenoxy) is 4. The fraction of sp³-hybridized carbons (Fsp3) is 0.205. The lowest BCUT2D eigenvalue weighted by Crippen LogP contribution is -2.21. The molecule has 0 spiro atoms. The number of hydrogen-bond donors (Lipinski definition) is 1. The number of carboxylic acid groups (broad SMARTS) is 1. The van der Waals surface area contributed by atoms with Gasteiger partial charge in [0.05, 0.1) is 0 Å². The average molecular weight is 633 g/mol. The summed E-state index contributed by atoms with van der Waals surface area (Å²) in [6, 6.07) is 26.1. The molecule has 0 bridgehead atoms. The molecule has 1 aliphatic carbocycles. The van der Waals surface area contributed by atoms with Crippen LogP contribution in [0.25, 0.3) is 10.8 Å². The molecule has 0 fully saturated rings. The van der Waals surface area contributed by atoms with Crippen LogP contribution in [0.2, 0.25) is 0 Å². The fourth-order valence-electron chi connectivity index (χ4n) is 5.37. The molecule has 4 aromatic carbocycles. The van der Waals surface area contributed by atoms with Crippen LogP contribution in [0.15, 0.2) is 121 Å². The molecule has 2 atom stereocenters. The summed E-state index contributed by atoms with van der Waals surface area (Å²) >= 11 is 0. The predicted octanol–water partition coefficient (Wildman–Crippen LogP) is 7.43. The first kappa shape index (κ1) is 32.8. The molecule has 2 unspecified atom stereocenters. The highest BCUT2D eigenvalue weighted by molar-refractivity contribution is 5.98. The molecule has 0 radical (unpaired) electrons. The second-order valence-corrected chi connectivity index (χ2v) is 11.4. The summed E-state index contributed by atoms with van der Waals surface area (Å²) < 4.78 is 24.6. The summed E-state index contributed by atoms with van der Waals surface area (Å²) in [6.45, 7) is 10.5. The maximum absolute atomic E-state index is 12.6. The molecule has 8 nitrogen and oxygen atoms in total. The Balaban J connectivity index is 1.56. The third-order valence-electron chi connectivity index (χ3n) is 7.82. The SMILES string of the molecule is C=C(C)C(=O)OC(COc1c2c(c(OCC(OC(=O)C(=C)C)c3ccccc3)c3ccccc13)CC(C(=O)O)=CC2)c1ccccc1. The number of hydrogen-bond acceptors (Lipinski definition) is 7. The fourth-order valence-corrected chi connectivity index (χ4v) is 5.37. The molecule has 0 aliphatic heterocycles. The Morgan fingerprint density at radius 2 is 1.11 bits per heavy atom. The first-order chi connectivity index (χ1) is 22.6. The number of carbonyl (C=O) groups is 3. The number of carbonyl (C=O) groups excluding carboxylic acids is 2. The molecule has 8 heteroatoms. The van der Waals surface area contributed by atoms with E-state index in [4.69, 9.17) is 18.9 Å². The summed E-state index contributed by atoms with van der Waals surface area (Å²) in [7, 11) is 0. The standard InChI is InChI=1S/C39H36O8/c1-24(2)38(42)46-33(26-13-7-5-8-14-26)22-44-35-29-17-11-12-18-30(29)36(32-21-28(37(40)41)19-20-31(32)35)45-23-34(47-39(43)25(3)4)27-15-9-6-10-16-27/h5-19,33-34H,1,3,20-23H2,2,4H3,(H,40,41). The van der Waals surface area contributed by atoms with Gasteiger partial charge < -0.3 is 24.1 Å². The van der Waals surface area contributed by atoms with E-state index in [1.165, 1.54) is 0 Å². The van der Waals surface area contributed by atoms with E-state index in [0.29, 0.717) is 22.4 Å². The van der Waals surface area contributed by atoms with Crippen molar-refractivity contribution in [3.63, 3.8) is 0 Å². The van der Waals surface area contributed by atoms with Gasteiger partial charge in [-0.1, -0.05) is 104 Å². The van der Waals surface area contributed by atoms with Crippen LogP contribution < -0.4 is 9.47 Å². The second kappa shape index (κ2) is 14.6. The number of esters is 2. The average Bonchev–Trinajstić information content (AvgIpc) is 3.08. The van der Waals surface area contributed by atoms with E-state index in [2.05, 4.69) is 13.2 Å². The van der Waals surface area contributed by atoms with Crippen molar-refractivity contribution in [2.24, 2.45) is 0 Å². The molecule has 4 aromatic rings. The largest absolute Gasteiger partial charge is 0.488 e. The Bertz CT molecular complexity index is 1860. The van der Waals surface area contributed by atoms with E-state index in [1.807, 2.05) is 84.9 Å². The summed E-state index contributed by atoms with van der Waals surface area (Å²) in [5.74, 6) is -1.08. The second-order valence-electron chi connectivity index (χ2n) is 11.4. The van der Waals surface area contributed by atoms with Gasteiger partial charge in [0, 0.05) is 45.0 Å². The predicted molar refractivity (Wildman–Crippen MR) is 178 cm³/mol. The zero-order valence-electron chi connectivity index (χ0n) is 26.4. The third-order valence-corrected chi connectivity index (χ3v) is 7.82. The van der Waals surface area contributed by atoms with E-state index in [0.717, 1.165) is 22.1 Å². The molecule has 0 amide bonds. The van der Waals surface area contributed by atoms with Crippen molar-refractivity contribution in [1.29, 1.82) is 0 Å². The van der Waals surface area contributed by atoms with Crippen molar-refractivity contribution in [2.45, 2.75) is 38.9 Å². The highest BCUT2D eigenvalue weighted by Gasteiger charge is 2.29. The number of benzene rings is 4. The van der Waals surface area contributed by atoms with Crippen LogP contribution in [0.5, 0.6) is 11.5 Å². The summed E-state index contributed by atoms with van der Waals surface area (Å²) in [5, 5.41) is 11.4. The Kier molecular flexibility index (Phi) is 10.2. The van der Waals surface area contributed by atoms with Crippen LogP contribution in [0.3, 0.4) is 0 Å². The van der Waals surface area contributed by atoms with Gasteiger partial charge in [-0.2, -0.15) is 0 Å². The number of fused-ring (bicyclic) bond motifs is 2. The topological polar surface area (TPSA) is 108 Å². The van der Waals surface area contributed by atoms with Crippen molar-refractivity contribution >= 4 is 28.7 Å². The third kappa shape index (κ3) is 7.61. The highest BCUT2D eigenvalue weighted by atomic mass is 16.6. The molecule has 0 aromatic heterocycles. The monoisotopic (exact) mass is 632 g/mol. The minimum Gasteiger partial charge on any atom is -0.488 e. The van der Waals surface area contributed by atoms with Gasteiger partial charge in [-0.15, -0.1) is 0 Å². The molecular formula is C39H36O8. The Labute approximate surface area is 273 Å². The van der Waals surface area contributed by atoms with Gasteiger partial charge in [-0.3, -0.25) is 0 Å². The quantitative estimate of drug-likeness (QED) is 0.120. The molecule has 240 valence electrons. The van der Waals surface area contributed by atoms with Crippen LogP contribution in [0.4, 0.5) is 0 Å². The van der Waals surface area contributed by atoms with Gasteiger partial charge in [0.2, 0.25) is 0 Å². The number of carboxylic acids is 1. The smallest absolute Gasteiger partial charge is 0.333 e. The van der Waals surface area contributed by atoms with E-state index in [9.17, 15) is 19.5 Å². The van der Waals surface area contributed by atoms with Crippen molar-refractivity contribution in [3.8, 4) is 11.5 Å². The van der Waals surface area contributed by atoms with E-state index in [1.54, 1.807) is 19.9 Å². The highest BCUT2D eigenvalue weighted by Crippen LogP contribution is 2.45. The van der Waals surface area contributed by atoms with Gasteiger partial charge >= 0.3 is 17.9 Å². The first-order valence-corrected chi connectivity index (χ1v) is 15.2. The van der Waals surface area contributed by atoms with Gasteiger partial charge in [0.15, 0.2) is 12.2 Å². The van der Waals surface area contributed by atoms with E-state index < -0.39 is 30.1 Å². The van der Waals surface area contributed by atoms with Crippen LogP contribution in [-0.2, 0) is 36.7 Å². The molecule has 1 N–H and O–H groups in total. The molecule has 5 rings (SSSR count). The molecule has 0 saturated heterocycles. The van der Waals surface area contributed by atoms with Crippen LogP contribution in [-0.4, -0.2) is 36.2 Å². The van der Waals surface area contributed by atoms with E-state index >= 15 is 0 Å². The van der Waals surface area contributed by atoms with E-state index in [-0.39, 0.29) is 42.8 Å². The molecule has 0 saturated carbocycles. The Morgan fingerprint density at radius 1 is 0.681 bits per heavy atom. The van der Waals surface area contributed by atoms with Crippen molar-refractivity contribution in [1.82, 2.24) is 0 Å². The van der Waals surface area contributed by atoms with Gasteiger partial charge in [0.1, 0.15) is 24.7 Å². The summed E-state index contributed by atoms with van der Waals surface area (Å²) in [4.78, 5) is 37.3. The molecule has 0 heterocycles. The van der Waals surface area contributed by atoms with Crippen molar-refractivity contribution in [3.05, 3.63) is 143 Å². The Hall–Kier alpha value is -5.63. The van der Waals surface area contributed by atoms with Gasteiger partial charge in [-0.05, 0) is 31.4 Å². The lowest BCUT2D eigenvalue weighted by molar-refractivity contribution is -0.147. The number of allylic oxidation sites excluding steroid dienone is 1. The lowest BCUT2D eigenvalue weighted by Gasteiger charge is -2.27. The molecule has 47 heavy (non-hydrogen) atoms. The summed E-state index contributed by atoms with van der Waals surface area (Å²) in [5.41, 5.74) is 3.67. The van der Waals surface area contributed by atoms with Crippen LogP contribution in [0, 0.1) is 0 Å². The van der Waals surface area contributed by atoms with Gasteiger partial charge in [0.25, 0.3) is 0 Å². The van der Waals surface area contributed by atoms with Crippen LogP contribution in [0.1, 0.15) is 48.3 Å². The van der Waals surface area contributed by atoms with Crippen molar-refractivity contribution in [2.75, 3.05) is 13.2 Å². The van der Waals surface area contributed by atoms with Crippen LogP contribution >= 0.6 is 0 Å². The maximum atomic E-state index is 12.6. The number of aliphatic carboxylic acids is 1. The van der Waals surface area contributed by atoms with Crippen molar-refractivity contribution < 1.29 is 38.4 Å². The Morgan fingerprint density at radius 3 is 1.53 bits per heavy atom.